The van der Waals surface area contributed by atoms with Gasteiger partial charge in [-0.25, -0.2) is 0 Å². The molecular weight excluding hydrogens is 1380 g/mol. The number of fused-ring (bicyclic) bond motifs is 4. The van der Waals surface area contributed by atoms with Crippen LogP contribution in [0.15, 0.2) is 194 Å². The van der Waals surface area contributed by atoms with Crippen molar-refractivity contribution in [2.75, 3.05) is 0 Å². The first-order valence-electron chi connectivity index (χ1n) is 32.3. The van der Waals surface area contributed by atoms with E-state index < -0.39 is 104 Å². The fourth-order valence-corrected chi connectivity index (χ4v) is 70.1. The fourth-order valence-electron chi connectivity index (χ4n) is 12.5. The molecule has 0 N–H and O–H groups in total. The third-order valence-electron chi connectivity index (χ3n) is 16.2. The van der Waals surface area contributed by atoms with Crippen LogP contribution in [0.5, 0.6) is 0 Å². The van der Waals surface area contributed by atoms with Gasteiger partial charge in [-0.2, -0.15) is 0 Å². The standard InChI is InChI=1S/C68H92O14Si12/c1-53-37-21-29-45-61(53)87(69-83(9,10)11)73-91(65-49-33-25-41-57(65)5)75-88(70-84(12,13)14,62-46-30-22-38-54(62)2)76-92(74-87,66-50-34-26-42-58(66)6)82-94(68-52-36-28-44-60(68)8)78-89(71-85(15,16)17,63-47-31-23-39-55(63)3)77-93(81-91,67-51-35-27-43-59(67)7)79-90(80-94,72-86(18,19)20)64-48-32-24-40-56(64)4/h21-52H,1-20H3. The van der Waals surface area contributed by atoms with Crippen LogP contribution in [0.1, 0.15) is 44.5 Å². The normalized spacial score (nSPS) is 27.9. The number of hydrogen-bond donors (Lipinski definition) is 0. The molecule has 0 spiro atoms. The van der Waals surface area contributed by atoms with Gasteiger partial charge in [0.15, 0.2) is 33.3 Å². The van der Waals surface area contributed by atoms with Crippen LogP contribution in [0.3, 0.4) is 0 Å². The predicted octanol–water partition coefficient (Wildman–Crippen LogP) is 10.8. The van der Waals surface area contributed by atoms with E-state index in [1.807, 2.05) is 146 Å². The lowest BCUT2D eigenvalue weighted by molar-refractivity contribution is 0.0483. The highest BCUT2D eigenvalue weighted by atomic mass is 28.6. The molecular formula is C68H92O14Si12. The van der Waals surface area contributed by atoms with Crippen molar-refractivity contribution in [2.24, 2.45) is 0 Å². The molecule has 4 aliphatic heterocycles. The molecule has 4 aliphatic rings. The van der Waals surface area contributed by atoms with Crippen molar-refractivity contribution in [1.82, 2.24) is 0 Å². The Morgan fingerprint density at radius 1 is 0.191 bits per heavy atom. The minimum atomic E-state index is -5.39. The van der Waals surface area contributed by atoms with E-state index in [4.69, 9.17) is 57.6 Å². The average Bonchev–Trinajstić information content (AvgIpc) is 0.683. The molecule has 14 nitrogen and oxygen atoms in total. The smallest absolute Gasteiger partial charge is 0.413 e. The molecule has 0 unspecified atom stereocenters. The summed E-state index contributed by atoms with van der Waals surface area (Å²) in [6, 6.07) is 65.0. The van der Waals surface area contributed by atoms with Gasteiger partial charge in [-0.05, 0) is 178 Å². The quantitative estimate of drug-likeness (QED) is 0.0851. The number of rotatable bonds is 16. The predicted molar refractivity (Wildman–Crippen MR) is 401 cm³/mol. The van der Waals surface area contributed by atoms with Gasteiger partial charge >= 0.3 is 70.4 Å². The summed E-state index contributed by atoms with van der Waals surface area (Å²) in [6.45, 7) is 42.3. The molecule has 0 amide bonds. The Morgan fingerprint density at radius 2 is 0.319 bits per heavy atom. The van der Waals surface area contributed by atoms with Gasteiger partial charge in [0.25, 0.3) is 0 Å². The Labute approximate surface area is 571 Å². The van der Waals surface area contributed by atoms with Crippen LogP contribution < -0.4 is 41.5 Å². The SMILES string of the molecule is Cc1ccccc1[Si]1(O[Si](C)(C)C)O[Si]2(c3ccccc3C)O[Si](O[Si](C)(C)C)(c3ccccc3C)O[Si](c3ccccc3C)(O1)O[Si]1(c3ccccc3C)O[Si](O[Si](C)(C)C)(c3ccccc3C)O[Si](c3ccccc3C)(O[Si](O[Si](C)(C)C)(c3ccccc3C)O1)O2. The van der Waals surface area contributed by atoms with Crippen molar-refractivity contribution < 1.29 is 57.6 Å². The van der Waals surface area contributed by atoms with Gasteiger partial charge in [0.05, 0.1) is 0 Å². The van der Waals surface area contributed by atoms with E-state index in [0.29, 0.717) is 41.5 Å². The van der Waals surface area contributed by atoms with Gasteiger partial charge < -0.3 is 57.6 Å². The van der Waals surface area contributed by atoms with E-state index in [1.165, 1.54) is 0 Å². The first kappa shape index (κ1) is 71.1. The minimum absolute atomic E-state index is 0.572. The van der Waals surface area contributed by atoms with Crippen LogP contribution in [0.4, 0.5) is 0 Å². The Bertz CT molecular complexity index is 3550. The topological polar surface area (TPSA) is 129 Å². The third-order valence-corrected chi connectivity index (χ3v) is 61.6. The lowest BCUT2D eigenvalue weighted by Gasteiger charge is -2.58. The van der Waals surface area contributed by atoms with Crippen molar-refractivity contribution >= 4 is 145 Å². The van der Waals surface area contributed by atoms with Crippen molar-refractivity contribution in [2.45, 2.75) is 134 Å². The van der Waals surface area contributed by atoms with Crippen LogP contribution in [-0.4, -0.2) is 104 Å². The maximum atomic E-state index is 9.15. The zero-order chi connectivity index (χ0) is 67.8. The molecule has 0 atom stereocenters. The Morgan fingerprint density at radius 3 is 0.447 bits per heavy atom. The largest absolute Gasteiger partial charge is 0.516 e. The molecule has 4 saturated heterocycles. The van der Waals surface area contributed by atoms with E-state index in [1.54, 1.807) is 0 Å². The van der Waals surface area contributed by atoms with Crippen LogP contribution in [0.2, 0.25) is 78.6 Å². The van der Waals surface area contributed by atoms with E-state index in [0.717, 1.165) is 44.5 Å². The van der Waals surface area contributed by atoms with Crippen molar-refractivity contribution in [3.63, 3.8) is 0 Å². The molecule has 94 heavy (non-hydrogen) atoms. The van der Waals surface area contributed by atoms with Gasteiger partial charge in [-0.15, -0.1) is 0 Å². The maximum Gasteiger partial charge on any atom is 0.516 e. The van der Waals surface area contributed by atoms with Crippen molar-refractivity contribution in [3.05, 3.63) is 239 Å². The Hall–Kier alpha value is -4.20. The first-order chi connectivity index (χ1) is 44.0. The fraction of sp³-hybridized carbons (Fsp3) is 0.294. The van der Waals surface area contributed by atoms with Gasteiger partial charge in [0.1, 0.15) is 0 Å². The zero-order valence-corrected chi connectivity index (χ0v) is 70.2. The van der Waals surface area contributed by atoms with Gasteiger partial charge in [0.2, 0.25) is 0 Å². The first-order valence-corrected chi connectivity index (χ1v) is 59.8. The lowest BCUT2D eigenvalue weighted by Crippen LogP contribution is -2.91. The van der Waals surface area contributed by atoms with Gasteiger partial charge in [0, 0.05) is 41.5 Å². The summed E-state index contributed by atoms with van der Waals surface area (Å²) in [5.74, 6) is 0. The molecule has 26 heteroatoms. The van der Waals surface area contributed by atoms with E-state index >= 15 is 0 Å². The molecule has 8 aromatic carbocycles. The zero-order valence-electron chi connectivity index (χ0n) is 58.2. The Kier molecular flexibility index (Phi) is 19.8. The second-order valence-corrected chi connectivity index (χ2v) is 70.4. The second kappa shape index (κ2) is 26.1. The molecule has 0 aromatic heterocycles. The summed E-state index contributed by atoms with van der Waals surface area (Å²) >= 11 is 0. The van der Waals surface area contributed by atoms with E-state index in [9.17, 15) is 0 Å². The maximum absolute atomic E-state index is 9.15. The molecule has 4 bridgehead atoms. The molecule has 496 valence electrons. The number of hydrogen-bond acceptors (Lipinski definition) is 14. The van der Waals surface area contributed by atoms with E-state index in [2.05, 4.69) is 182 Å². The molecule has 0 saturated carbocycles. The van der Waals surface area contributed by atoms with Crippen LogP contribution in [0.25, 0.3) is 0 Å². The summed E-state index contributed by atoms with van der Waals surface area (Å²) in [7, 11) is -53.5. The van der Waals surface area contributed by atoms with Crippen molar-refractivity contribution in [3.8, 4) is 0 Å². The summed E-state index contributed by atoms with van der Waals surface area (Å²) in [4.78, 5) is 0. The number of benzene rings is 8. The molecule has 4 fully saturated rings. The average molecular weight is 1470 g/mol. The summed E-state index contributed by atoms with van der Waals surface area (Å²) in [5, 5.41) is 4.92. The number of aryl methyl sites for hydroxylation is 8. The molecule has 0 aliphatic carbocycles. The van der Waals surface area contributed by atoms with Gasteiger partial charge in [-0.1, -0.05) is 194 Å². The van der Waals surface area contributed by atoms with Gasteiger partial charge in [-0.3, -0.25) is 0 Å². The molecule has 8 aromatic rings. The minimum Gasteiger partial charge on any atom is -0.413 e. The monoisotopic (exact) mass is 1470 g/mol. The molecule has 0 radical (unpaired) electrons. The van der Waals surface area contributed by atoms with Crippen LogP contribution in [0, 0.1) is 55.4 Å². The molecule has 4 heterocycles. The molecule has 12 rings (SSSR count). The Balaban J connectivity index is 1.53. The van der Waals surface area contributed by atoms with Crippen LogP contribution >= 0.6 is 0 Å². The van der Waals surface area contributed by atoms with Crippen LogP contribution in [-0.2, 0) is 57.6 Å². The summed E-state index contributed by atoms with van der Waals surface area (Å²) < 4.78 is 123. The highest BCUT2D eigenvalue weighted by Gasteiger charge is 2.81. The lowest BCUT2D eigenvalue weighted by atomic mass is 10.2. The highest BCUT2D eigenvalue weighted by Crippen LogP contribution is 2.46. The third kappa shape index (κ3) is 14.2. The van der Waals surface area contributed by atoms with E-state index in [-0.39, 0.29) is 0 Å². The summed E-state index contributed by atoms with van der Waals surface area (Å²) in [6.07, 6.45) is 0. The highest BCUT2D eigenvalue weighted by molar-refractivity contribution is 7.11. The second-order valence-electron chi connectivity index (χ2n) is 28.8. The van der Waals surface area contributed by atoms with Crippen molar-refractivity contribution in [1.29, 1.82) is 0 Å². The summed E-state index contributed by atoms with van der Waals surface area (Å²) in [5.41, 5.74) is 6.46.